The zero-order valence-electron chi connectivity index (χ0n) is 17.9. The molecule has 1 aliphatic heterocycles. The Bertz CT molecular complexity index is 1230. The molecule has 31 heavy (non-hydrogen) atoms. The number of halogens is 1. The highest BCUT2D eigenvalue weighted by atomic mass is 35.5. The van der Waals surface area contributed by atoms with Crippen molar-refractivity contribution in [2.45, 2.75) is 34.2 Å². The van der Waals surface area contributed by atoms with Crippen LogP contribution >= 0.6 is 23.4 Å². The van der Waals surface area contributed by atoms with Gasteiger partial charge >= 0.3 is 0 Å². The van der Waals surface area contributed by atoms with E-state index in [4.69, 9.17) is 11.6 Å². The molecule has 0 atom stereocenters. The molecule has 158 valence electrons. The van der Waals surface area contributed by atoms with E-state index in [0.717, 1.165) is 51.1 Å². The number of aromatic nitrogens is 1. The number of hydrogen-bond acceptors (Lipinski definition) is 3. The van der Waals surface area contributed by atoms with Crippen LogP contribution in [0.4, 0.5) is 4.79 Å². The molecule has 2 aromatic carbocycles. The quantitative estimate of drug-likeness (QED) is 0.420. The minimum atomic E-state index is -0.251. The molecule has 0 spiro atoms. The lowest BCUT2D eigenvalue weighted by atomic mass is 10.1. The molecule has 0 unspecified atom stereocenters. The van der Waals surface area contributed by atoms with Gasteiger partial charge in [0, 0.05) is 22.1 Å². The van der Waals surface area contributed by atoms with Gasteiger partial charge in [0.2, 0.25) is 0 Å². The summed E-state index contributed by atoms with van der Waals surface area (Å²) in [6, 6.07) is 15.7. The largest absolute Gasteiger partial charge is 0.318 e. The van der Waals surface area contributed by atoms with Crippen molar-refractivity contribution in [2.75, 3.05) is 0 Å². The van der Waals surface area contributed by atoms with Crippen LogP contribution in [0.1, 0.15) is 33.6 Å². The van der Waals surface area contributed by atoms with E-state index < -0.39 is 0 Å². The number of amides is 2. The van der Waals surface area contributed by atoms with Crippen LogP contribution in [0.5, 0.6) is 0 Å². The molecule has 0 N–H and O–H groups in total. The standard InChI is InChI=1S/C25H23ClN2O2S/c1-15-8-10-19(11-9-15)14-27-24(29)23(31-25(27)30)13-20-12-16(2)28(18(20)4)22-7-5-6-21(26)17(22)3/h5-13H,14H2,1-4H3/b23-13-. The topological polar surface area (TPSA) is 42.3 Å². The number of aryl methyl sites for hydroxylation is 2. The summed E-state index contributed by atoms with van der Waals surface area (Å²) < 4.78 is 2.13. The number of thioether (sulfide) groups is 1. The number of carbonyl (C=O) groups excluding carboxylic acids is 2. The van der Waals surface area contributed by atoms with Crippen molar-refractivity contribution in [1.82, 2.24) is 9.47 Å². The van der Waals surface area contributed by atoms with E-state index in [-0.39, 0.29) is 17.7 Å². The van der Waals surface area contributed by atoms with Crippen molar-refractivity contribution in [3.63, 3.8) is 0 Å². The summed E-state index contributed by atoms with van der Waals surface area (Å²) in [5, 5.41) is 0.472. The lowest BCUT2D eigenvalue weighted by Crippen LogP contribution is -2.27. The van der Waals surface area contributed by atoms with Gasteiger partial charge in [-0.05, 0) is 80.4 Å². The fourth-order valence-electron chi connectivity index (χ4n) is 3.80. The summed E-state index contributed by atoms with van der Waals surface area (Å²) >= 11 is 7.32. The van der Waals surface area contributed by atoms with Gasteiger partial charge < -0.3 is 4.57 Å². The highest BCUT2D eigenvalue weighted by Gasteiger charge is 2.35. The predicted octanol–water partition coefficient (Wildman–Crippen LogP) is 6.60. The number of nitrogens with zero attached hydrogens (tertiary/aromatic N) is 2. The van der Waals surface area contributed by atoms with Crippen LogP contribution < -0.4 is 0 Å². The smallest absolute Gasteiger partial charge is 0.293 e. The Morgan fingerprint density at radius 2 is 1.71 bits per heavy atom. The van der Waals surface area contributed by atoms with Crippen molar-refractivity contribution >= 4 is 40.6 Å². The van der Waals surface area contributed by atoms with Crippen LogP contribution in [0, 0.1) is 27.7 Å². The lowest BCUT2D eigenvalue weighted by Gasteiger charge is -2.13. The fourth-order valence-corrected chi connectivity index (χ4v) is 4.80. The number of rotatable bonds is 4. The van der Waals surface area contributed by atoms with E-state index in [1.807, 2.05) is 82.3 Å². The van der Waals surface area contributed by atoms with E-state index in [2.05, 4.69) is 4.57 Å². The summed E-state index contributed by atoms with van der Waals surface area (Å²) in [6.07, 6.45) is 1.82. The third-order valence-corrected chi connectivity index (χ3v) is 6.89. The summed E-state index contributed by atoms with van der Waals surface area (Å²) in [6.45, 7) is 8.31. The van der Waals surface area contributed by atoms with Gasteiger partial charge in [-0.25, -0.2) is 0 Å². The van der Waals surface area contributed by atoms with E-state index in [9.17, 15) is 9.59 Å². The number of imide groups is 1. The summed E-state index contributed by atoms with van der Waals surface area (Å²) in [7, 11) is 0. The minimum absolute atomic E-state index is 0.240. The second kappa shape index (κ2) is 8.40. The molecule has 1 fully saturated rings. The Morgan fingerprint density at radius 3 is 2.42 bits per heavy atom. The maximum Gasteiger partial charge on any atom is 0.293 e. The average Bonchev–Trinajstić information content (AvgIpc) is 3.15. The highest BCUT2D eigenvalue weighted by Crippen LogP contribution is 2.35. The molecule has 1 aromatic heterocycles. The van der Waals surface area contributed by atoms with Gasteiger partial charge in [0.1, 0.15) is 0 Å². The Hall–Kier alpha value is -2.76. The van der Waals surface area contributed by atoms with Crippen LogP contribution in [0.2, 0.25) is 5.02 Å². The Kier molecular flexibility index (Phi) is 5.82. The summed E-state index contributed by atoms with van der Waals surface area (Å²) in [5.74, 6) is -0.251. The summed E-state index contributed by atoms with van der Waals surface area (Å²) in [4.78, 5) is 27.2. The summed E-state index contributed by atoms with van der Waals surface area (Å²) in [5.41, 5.74) is 7.02. The third kappa shape index (κ3) is 4.08. The number of benzene rings is 2. The number of hydrogen-bond donors (Lipinski definition) is 0. The van der Waals surface area contributed by atoms with E-state index in [1.165, 1.54) is 4.90 Å². The van der Waals surface area contributed by atoms with Crippen molar-refractivity contribution in [3.05, 3.63) is 92.1 Å². The molecular formula is C25H23ClN2O2S. The van der Waals surface area contributed by atoms with Gasteiger partial charge in [-0.15, -0.1) is 0 Å². The van der Waals surface area contributed by atoms with Crippen molar-refractivity contribution in [1.29, 1.82) is 0 Å². The fraction of sp³-hybridized carbons (Fsp3) is 0.200. The van der Waals surface area contributed by atoms with E-state index >= 15 is 0 Å². The average molecular weight is 451 g/mol. The van der Waals surface area contributed by atoms with Crippen LogP contribution in [0.15, 0.2) is 53.4 Å². The van der Waals surface area contributed by atoms with E-state index in [0.29, 0.717) is 9.93 Å². The van der Waals surface area contributed by atoms with Crippen LogP contribution in [0.25, 0.3) is 11.8 Å². The molecule has 6 heteroatoms. The lowest BCUT2D eigenvalue weighted by molar-refractivity contribution is -0.123. The van der Waals surface area contributed by atoms with Gasteiger partial charge in [0.15, 0.2) is 0 Å². The van der Waals surface area contributed by atoms with Crippen LogP contribution in [-0.2, 0) is 11.3 Å². The minimum Gasteiger partial charge on any atom is -0.318 e. The first-order valence-corrected chi connectivity index (χ1v) is 11.2. The van der Waals surface area contributed by atoms with Gasteiger partial charge in [0.05, 0.1) is 11.4 Å². The first-order chi connectivity index (χ1) is 14.8. The molecule has 0 aliphatic carbocycles. The molecule has 0 radical (unpaired) electrons. The monoisotopic (exact) mass is 450 g/mol. The first kappa shape index (κ1) is 21.5. The third-order valence-electron chi connectivity index (χ3n) is 5.57. The molecular weight excluding hydrogens is 428 g/mol. The molecule has 2 heterocycles. The van der Waals surface area contributed by atoms with Crippen molar-refractivity contribution < 1.29 is 9.59 Å². The molecule has 2 amide bonds. The normalized spacial score (nSPS) is 15.4. The first-order valence-electron chi connectivity index (χ1n) is 10.0. The van der Waals surface area contributed by atoms with Gasteiger partial charge in [-0.1, -0.05) is 47.5 Å². The molecule has 4 rings (SSSR count). The molecule has 1 saturated heterocycles. The van der Waals surface area contributed by atoms with Gasteiger partial charge in [0.25, 0.3) is 11.1 Å². The zero-order valence-corrected chi connectivity index (χ0v) is 19.5. The highest BCUT2D eigenvalue weighted by molar-refractivity contribution is 8.18. The van der Waals surface area contributed by atoms with Crippen molar-refractivity contribution in [3.8, 4) is 5.69 Å². The molecule has 0 bridgehead atoms. The number of carbonyl (C=O) groups is 2. The molecule has 4 nitrogen and oxygen atoms in total. The second-order valence-corrected chi connectivity index (χ2v) is 9.20. The maximum absolute atomic E-state index is 13.0. The molecule has 1 aliphatic rings. The van der Waals surface area contributed by atoms with Gasteiger partial charge in [-0.2, -0.15) is 0 Å². The SMILES string of the molecule is Cc1ccc(CN2C(=O)S/C(=C\c3cc(C)n(-c4cccc(Cl)c4C)c3C)C2=O)cc1. The Morgan fingerprint density at radius 1 is 1.00 bits per heavy atom. The zero-order chi connectivity index (χ0) is 22.3. The Balaban J connectivity index is 1.65. The molecule has 3 aromatic rings. The second-order valence-electron chi connectivity index (χ2n) is 7.80. The van der Waals surface area contributed by atoms with Gasteiger partial charge in [-0.3, -0.25) is 14.5 Å². The van der Waals surface area contributed by atoms with Crippen molar-refractivity contribution in [2.24, 2.45) is 0 Å². The maximum atomic E-state index is 13.0. The van der Waals surface area contributed by atoms with E-state index in [1.54, 1.807) is 0 Å². The molecule has 0 saturated carbocycles. The Labute approximate surface area is 191 Å². The van der Waals surface area contributed by atoms with Crippen LogP contribution in [0.3, 0.4) is 0 Å². The predicted molar refractivity (Wildman–Crippen MR) is 128 cm³/mol. The van der Waals surface area contributed by atoms with Crippen LogP contribution in [-0.4, -0.2) is 20.6 Å².